The monoisotopic (exact) mass is 426 g/mol. The second kappa shape index (κ2) is 5.49. The minimum absolute atomic E-state index is 0.242. The van der Waals surface area contributed by atoms with Gasteiger partial charge in [-0.05, 0) is 37.3 Å². The van der Waals surface area contributed by atoms with E-state index in [1.807, 2.05) is 24.3 Å². The molecule has 8 nitrogen and oxygen atoms in total. The first-order valence-electron chi connectivity index (χ1n) is 10.9. The van der Waals surface area contributed by atoms with Gasteiger partial charge in [-0.1, -0.05) is 24.3 Å². The number of fused-ring (bicyclic) bond motifs is 2. The Labute approximate surface area is 180 Å². The topological polar surface area (TPSA) is 99.1 Å². The molecule has 5 atom stereocenters. The molecule has 3 fully saturated rings. The van der Waals surface area contributed by atoms with Crippen molar-refractivity contribution in [2.45, 2.75) is 48.8 Å². The molecule has 3 aliphatic carbocycles. The van der Waals surface area contributed by atoms with Crippen LogP contribution in [0.15, 0.2) is 35.9 Å². The van der Waals surface area contributed by atoms with Crippen molar-refractivity contribution in [2.75, 3.05) is 32.2 Å². The van der Waals surface area contributed by atoms with Crippen LogP contribution in [0.1, 0.15) is 37.7 Å². The number of methoxy groups -OCH3 is 2. The molecular weight excluding hydrogens is 400 g/mol. The van der Waals surface area contributed by atoms with Crippen molar-refractivity contribution < 1.29 is 28.8 Å². The molecule has 31 heavy (non-hydrogen) atoms. The van der Waals surface area contributed by atoms with Crippen molar-refractivity contribution in [2.24, 2.45) is 5.41 Å². The number of benzene rings is 1. The van der Waals surface area contributed by atoms with Gasteiger partial charge in [0.1, 0.15) is 11.0 Å². The maximum atomic E-state index is 14.2. The smallest absolute Gasteiger partial charge is 0.414 e. The molecule has 0 radical (unpaired) electrons. The number of hydrogen-bond acceptors (Lipinski definition) is 6. The van der Waals surface area contributed by atoms with Crippen molar-refractivity contribution in [3.05, 3.63) is 46.7 Å². The van der Waals surface area contributed by atoms with E-state index in [2.05, 4.69) is 0 Å². The molecule has 3 spiro atoms. The summed E-state index contributed by atoms with van der Waals surface area (Å²) < 4.78 is 9.67. The minimum Gasteiger partial charge on any atom is -0.631 e. The van der Waals surface area contributed by atoms with Gasteiger partial charge in [0.15, 0.2) is 0 Å². The lowest BCUT2D eigenvalue weighted by Gasteiger charge is -2.71. The zero-order valence-electron chi connectivity index (χ0n) is 17.7. The maximum Gasteiger partial charge on any atom is 0.414 e. The molecule has 1 saturated carbocycles. The van der Waals surface area contributed by atoms with Gasteiger partial charge >= 0.3 is 12.1 Å². The molecule has 1 aromatic rings. The van der Waals surface area contributed by atoms with Crippen LogP contribution >= 0.6 is 0 Å². The first kappa shape index (κ1) is 19.3. The van der Waals surface area contributed by atoms with Crippen molar-refractivity contribution >= 4 is 17.7 Å². The number of carbonyl (C=O) groups excluding carboxylic acids is 2. The van der Waals surface area contributed by atoms with Gasteiger partial charge in [0.25, 0.3) is 0 Å². The molecule has 164 valence electrons. The number of esters is 1. The van der Waals surface area contributed by atoms with Crippen molar-refractivity contribution in [3.63, 3.8) is 0 Å². The summed E-state index contributed by atoms with van der Waals surface area (Å²) in [5, 5.41) is 26.9. The van der Waals surface area contributed by atoms with Gasteiger partial charge < -0.3 is 24.4 Å². The van der Waals surface area contributed by atoms with E-state index < -0.39 is 38.8 Å². The van der Waals surface area contributed by atoms with Crippen LogP contribution in [-0.4, -0.2) is 60.4 Å². The van der Waals surface area contributed by atoms with Crippen LogP contribution in [0.2, 0.25) is 0 Å². The van der Waals surface area contributed by atoms with Crippen LogP contribution in [-0.2, 0) is 19.7 Å². The van der Waals surface area contributed by atoms with Gasteiger partial charge in [-0.25, -0.2) is 9.59 Å². The predicted molar refractivity (Wildman–Crippen MR) is 110 cm³/mol. The molecule has 3 aliphatic heterocycles. The molecule has 0 aromatic heterocycles. The zero-order chi connectivity index (χ0) is 21.9. The van der Waals surface area contributed by atoms with Crippen LogP contribution in [0.4, 0.5) is 10.5 Å². The first-order chi connectivity index (χ1) is 14.8. The molecule has 3 heterocycles. The zero-order valence-corrected chi connectivity index (χ0v) is 17.7. The second-order valence-corrected chi connectivity index (χ2v) is 9.66. The summed E-state index contributed by atoms with van der Waals surface area (Å²) in [4.78, 5) is 28.0. The Hall–Kier alpha value is -2.42. The maximum absolute atomic E-state index is 14.2. The third kappa shape index (κ3) is 1.62. The fourth-order valence-corrected chi connectivity index (χ4v) is 8.26. The standard InChI is InChI=1S/C23H26N2O6/c1-30-18(26)16-14-20-8-5-12-25(29)13-11-21(23(20,25)28)15-6-3-4-7-17(15)24(19(27)31-2)22(16,21)10-9-20/h3-4,6-7,14,28H,5,8-13H2,1-2H3/t20-,21+,22-,23-,25?/m1/s1. The van der Waals surface area contributed by atoms with E-state index in [4.69, 9.17) is 9.47 Å². The number of quaternary nitrogens is 1. The summed E-state index contributed by atoms with van der Waals surface area (Å²) in [5.41, 5.74) is -3.14. The first-order valence-corrected chi connectivity index (χ1v) is 10.9. The molecule has 2 bridgehead atoms. The fourth-order valence-electron chi connectivity index (χ4n) is 8.26. The summed E-state index contributed by atoms with van der Waals surface area (Å²) in [6.45, 7) is 0.573. The Morgan fingerprint density at radius 3 is 2.61 bits per heavy atom. The number of anilines is 1. The Morgan fingerprint density at radius 1 is 1.10 bits per heavy atom. The number of amides is 1. The Bertz CT molecular complexity index is 1070. The number of aliphatic hydroxyl groups is 1. The normalized spacial score (nSPS) is 43.6. The van der Waals surface area contributed by atoms with E-state index in [-0.39, 0.29) is 6.54 Å². The van der Waals surface area contributed by atoms with Crippen LogP contribution < -0.4 is 4.90 Å². The van der Waals surface area contributed by atoms with Crippen molar-refractivity contribution in [1.82, 2.24) is 0 Å². The van der Waals surface area contributed by atoms with E-state index in [9.17, 15) is 19.9 Å². The highest BCUT2D eigenvalue weighted by Crippen LogP contribution is 2.79. The highest BCUT2D eigenvalue weighted by atomic mass is 16.6. The van der Waals surface area contributed by atoms with E-state index in [1.54, 1.807) is 6.08 Å². The van der Waals surface area contributed by atoms with E-state index >= 15 is 0 Å². The lowest BCUT2D eigenvalue weighted by molar-refractivity contribution is -0.965. The molecule has 2 saturated heterocycles. The summed E-state index contributed by atoms with van der Waals surface area (Å²) in [6.07, 6.45) is 3.86. The second-order valence-electron chi connectivity index (χ2n) is 9.66. The molecule has 1 amide bonds. The van der Waals surface area contributed by atoms with Crippen LogP contribution in [0.5, 0.6) is 0 Å². The molecule has 7 rings (SSSR count). The molecule has 6 aliphatic rings. The van der Waals surface area contributed by atoms with Gasteiger partial charge in [-0.2, -0.15) is 0 Å². The lowest BCUT2D eigenvalue weighted by Crippen LogP contribution is -2.84. The van der Waals surface area contributed by atoms with E-state index in [0.29, 0.717) is 49.9 Å². The van der Waals surface area contributed by atoms with Crippen molar-refractivity contribution in [3.8, 4) is 0 Å². The van der Waals surface area contributed by atoms with Gasteiger partial charge in [0.2, 0.25) is 5.72 Å². The van der Waals surface area contributed by atoms with Crippen molar-refractivity contribution in [1.29, 1.82) is 0 Å². The predicted octanol–water partition coefficient (Wildman–Crippen LogP) is 2.34. The van der Waals surface area contributed by atoms with Crippen LogP contribution in [0.25, 0.3) is 0 Å². The summed E-state index contributed by atoms with van der Waals surface area (Å²) in [6, 6.07) is 7.39. The average molecular weight is 426 g/mol. The number of para-hydroxylation sites is 1. The quantitative estimate of drug-likeness (QED) is 0.420. The summed E-state index contributed by atoms with van der Waals surface area (Å²) in [7, 11) is 2.63. The molecular formula is C23H26N2O6. The fraction of sp³-hybridized carbons (Fsp3) is 0.565. The number of nitrogens with zero attached hydrogens (tertiary/aromatic N) is 2. The molecule has 1 N–H and O–H groups in total. The highest BCUT2D eigenvalue weighted by molar-refractivity contribution is 6.03. The largest absolute Gasteiger partial charge is 0.631 e. The number of piperidine rings is 1. The minimum atomic E-state index is -1.67. The third-order valence-corrected chi connectivity index (χ3v) is 9.12. The van der Waals surface area contributed by atoms with Gasteiger partial charge in [-0.15, -0.1) is 0 Å². The SMILES string of the molecule is COC(=O)C1=C[C@@]23CCC[N+]4([O-])CC[C@@]5(c6ccccc6N(C(=O)OC)[C@]15CC2)[C@]34O. The van der Waals surface area contributed by atoms with Crippen LogP contribution in [0.3, 0.4) is 0 Å². The van der Waals surface area contributed by atoms with Crippen LogP contribution in [0, 0.1) is 10.6 Å². The van der Waals surface area contributed by atoms with E-state index in [1.165, 1.54) is 19.1 Å². The number of hydroxylamine groups is 3. The Balaban J connectivity index is 1.79. The Kier molecular flexibility index (Phi) is 3.41. The Morgan fingerprint density at radius 2 is 1.87 bits per heavy atom. The summed E-state index contributed by atoms with van der Waals surface area (Å²) >= 11 is 0. The lowest BCUT2D eigenvalue weighted by atomic mass is 9.40. The number of rotatable bonds is 1. The molecule has 1 unspecified atom stereocenters. The number of carbonyl (C=O) groups is 2. The van der Waals surface area contributed by atoms with E-state index in [0.717, 1.165) is 5.56 Å². The average Bonchev–Trinajstić information content (AvgIpc) is 3.20. The summed E-state index contributed by atoms with van der Waals surface area (Å²) in [5.74, 6) is -0.524. The number of hydrogen-bond donors (Lipinski definition) is 1. The number of ether oxygens (including phenoxy) is 2. The molecule has 8 heteroatoms. The van der Waals surface area contributed by atoms with Gasteiger partial charge in [-0.3, -0.25) is 4.90 Å². The van der Waals surface area contributed by atoms with Gasteiger partial charge in [0.05, 0.1) is 44.0 Å². The third-order valence-electron chi connectivity index (χ3n) is 9.12. The molecule has 1 aromatic carbocycles. The van der Waals surface area contributed by atoms with Gasteiger partial charge in [0, 0.05) is 6.42 Å². The highest BCUT2D eigenvalue weighted by Gasteiger charge is 2.90.